The first-order valence-electron chi connectivity index (χ1n) is 2.62. The lowest BCUT2D eigenvalue weighted by Gasteiger charge is -2.08. The summed E-state index contributed by atoms with van der Waals surface area (Å²) in [7, 11) is 2.86. The van der Waals surface area contributed by atoms with Gasteiger partial charge in [0, 0.05) is 0 Å². The number of methoxy groups -OCH3 is 1. The van der Waals surface area contributed by atoms with Gasteiger partial charge < -0.3 is 15.2 Å². The maximum absolute atomic E-state index is 10.5. The average molecular weight is 170 g/mol. The van der Waals surface area contributed by atoms with Gasteiger partial charge in [0.1, 0.15) is 6.04 Å². The molecule has 0 fully saturated rings. The van der Waals surface area contributed by atoms with Gasteiger partial charge in [-0.2, -0.15) is 0 Å². The Morgan fingerprint density at radius 3 is 2.40 bits per heavy atom. The summed E-state index contributed by atoms with van der Waals surface area (Å²) < 4.78 is 4.33. The first-order chi connectivity index (χ1) is 4.26. The summed E-state index contributed by atoms with van der Waals surface area (Å²) in [6, 6.07) is -0.588. The number of hydrogen-bond donors (Lipinski definition) is 2. The van der Waals surface area contributed by atoms with Crippen molar-refractivity contribution in [2.75, 3.05) is 20.8 Å². The molecule has 0 radical (unpaired) electrons. The van der Waals surface area contributed by atoms with Crippen LogP contribution in [0.1, 0.15) is 0 Å². The first kappa shape index (κ1) is 12.4. The van der Waals surface area contributed by atoms with Crippen LogP contribution in [-0.2, 0) is 9.53 Å². The van der Waals surface area contributed by atoms with Crippen LogP contribution < -0.4 is 5.32 Å². The van der Waals surface area contributed by atoms with Gasteiger partial charge in [-0.05, 0) is 7.05 Å². The molecule has 0 spiro atoms. The molecular weight excluding hydrogens is 158 g/mol. The highest BCUT2D eigenvalue weighted by Crippen LogP contribution is 1.82. The van der Waals surface area contributed by atoms with Crippen molar-refractivity contribution in [3.05, 3.63) is 0 Å². The van der Waals surface area contributed by atoms with E-state index in [-0.39, 0.29) is 19.0 Å². The smallest absolute Gasteiger partial charge is 0.325 e. The minimum absolute atomic E-state index is 0. The number of carbonyl (C=O) groups is 1. The third-order valence-corrected chi connectivity index (χ3v) is 1.02. The van der Waals surface area contributed by atoms with Gasteiger partial charge in [-0.15, -0.1) is 12.4 Å². The Kier molecular flexibility index (Phi) is 8.40. The van der Waals surface area contributed by atoms with Crippen LogP contribution in [0.2, 0.25) is 0 Å². The molecule has 0 unspecified atom stereocenters. The van der Waals surface area contributed by atoms with Gasteiger partial charge in [0.25, 0.3) is 0 Å². The zero-order valence-electron chi connectivity index (χ0n) is 5.96. The molecule has 0 aromatic heterocycles. The number of aliphatic hydroxyl groups is 1. The summed E-state index contributed by atoms with van der Waals surface area (Å²) in [5.41, 5.74) is 0. The fourth-order valence-electron chi connectivity index (χ4n) is 0.426. The van der Waals surface area contributed by atoms with Crippen LogP contribution in [0.5, 0.6) is 0 Å². The normalized spacial score (nSPS) is 11.5. The predicted molar refractivity (Wildman–Crippen MR) is 39.2 cm³/mol. The van der Waals surface area contributed by atoms with Crippen LogP contribution in [-0.4, -0.2) is 37.9 Å². The second-order valence-electron chi connectivity index (χ2n) is 1.55. The van der Waals surface area contributed by atoms with Crippen LogP contribution in [0.4, 0.5) is 0 Å². The van der Waals surface area contributed by atoms with E-state index in [9.17, 15) is 4.79 Å². The fourth-order valence-corrected chi connectivity index (χ4v) is 0.426. The SMILES string of the molecule is CN[C@H](CO)C(=O)OC.Cl. The Morgan fingerprint density at radius 1 is 1.80 bits per heavy atom. The number of esters is 1. The molecule has 0 aliphatic rings. The topological polar surface area (TPSA) is 58.6 Å². The Morgan fingerprint density at radius 2 is 2.30 bits per heavy atom. The Balaban J connectivity index is 0. The summed E-state index contributed by atoms with van der Waals surface area (Å²) in [6.45, 7) is -0.233. The lowest BCUT2D eigenvalue weighted by atomic mass is 10.3. The van der Waals surface area contributed by atoms with Gasteiger partial charge in [-0.1, -0.05) is 0 Å². The third kappa shape index (κ3) is 3.66. The highest BCUT2D eigenvalue weighted by molar-refractivity contribution is 5.85. The summed E-state index contributed by atoms with van der Waals surface area (Å²) in [5.74, 6) is -0.444. The molecule has 2 N–H and O–H groups in total. The van der Waals surface area contributed by atoms with Crippen molar-refractivity contribution in [3.8, 4) is 0 Å². The van der Waals surface area contributed by atoms with Gasteiger partial charge in [-0.25, -0.2) is 0 Å². The van der Waals surface area contributed by atoms with Crippen LogP contribution in [0.15, 0.2) is 0 Å². The van der Waals surface area contributed by atoms with E-state index >= 15 is 0 Å². The molecule has 1 atom stereocenters. The van der Waals surface area contributed by atoms with Crippen LogP contribution >= 0.6 is 12.4 Å². The van der Waals surface area contributed by atoms with Crippen LogP contribution in [0.3, 0.4) is 0 Å². The molecule has 0 aliphatic carbocycles. The highest BCUT2D eigenvalue weighted by atomic mass is 35.5. The van der Waals surface area contributed by atoms with Crippen LogP contribution in [0, 0.1) is 0 Å². The van der Waals surface area contributed by atoms with E-state index in [0.717, 1.165) is 0 Å². The third-order valence-electron chi connectivity index (χ3n) is 1.02. The van der Waals surface area contributed by atoms with E-state index in [2.05, 4.69) is 10.1 Å². The summed E-state index contributed by atoms with van der Waals surface area (Å²) in [4.78, 5) is 10.5. The van der Waals surface area contributed by atoms with E-state index in [1.54, 1.807) is 7.05 Å². The van der Waals surface area contributed by atoms with Crippen molar-refractivity contribution in [3.63, 3.8) is 0 Å². The number of halogens is 1. The summed E-state index contributed by atoms with van der Waals surface area (Å²) >= 11 is 0. The molecule has 0 aromatic rings. The van der Waals surface area contributed by atoms with Gasteiger partial charge >= 0.3 is 5.97 Å². The molecule has 0 aliphatic heterocycles. The number of hydrogen-bond acceptors (Lipinski definition) is 4. The van der Waals surface area contributed by atoms with Crippen molar-refractivity contribution < 1.29 is 14.6 Å². The molecule has 10 heavy (non-hydrogen) atoms. The minimum atomic E-state index is -0.588. The number of ether oxygens (including phenoxy) is 1. The quantitative estimate of drug-likeness (QED) is 0.541. The molecule has 0 saturated carbocycles. The van der Waals surface area contributed by atoms with E-state index in [1.165, 1.54) is 7.11 Å². The van der Waals surface area contributed by atoms with Gasteiger partial charge in [-0.3, -0.25) is 4.79 Å². The Labute approximate surface area is 66.0 Å². The molecule has 5 heteroatoms. The zero-order valence-corrected chi connectivity index (χ0v) is 6.77. The van der Waals surface area contributed by atoms with Gasteiger partial charge in [0.05, 0.1) is 13.7 Å². The van der Waals surface area contributed by atoms with Crippen molar-refractivity contribution in [2.45, 2.75) is 6.04 Å². The molecule has 0 bridgehead atoms. The predicted octanol–water partition coefficient (Wildman–Crippen LogP) is -0.839. The molecular formula is C5H12ClNO3. The van der Waals surface area contributed by atoms with E-state index in [1.807, 2.05) is 0 Å². The maximum atomic E-state index is 10.5. The monoisotopic (exact) mass is 169 g/mol. The molecule has 4 nitrogen and oxygen atoms in total. The fraction of sp³-hybridized carbons (Fsp3) is 0.800. The molecule has 0 aromatic carbocycles. The number of likely N-dealkylation sites (N-methyl/N-ethyl adjacent to an activating group) is 1. The Hall–Kier alpha value is -0.320. The van der Waals surface area contributed by atoms with Crippen molar-refractivity contribution in [2.24, 2.45) is 0 Å². The molecule has 0 amide bonds. The molecule has 0 saturated heterocycles. The average Bonchev–Trinajstić information content (AvgIpc) is 1.90. The van der Waals surface area contributed by atoms with Crippen molar-refractivity contribution in [1.29, 1.82) is 0 Å². The zero-order chi connectivity index (χ0) is 7.28. The van der Waals surface area contributed by atoms with E-state index in [0.29, 0.717) is 0 Å². The minimum Gasteiger partial charge on any atom is -0.468 e. The highest BCUT2D eigenvalue weighted by Gasteiger charge is 2.13. The molecule has 0 heterocycles. The van der Waals surface area contributed by atoms with Gasteiger partial charge in [0.15, 0.2) is 0 Å². The van der Waals surface area contributed by atoms with Crippen molar-refractivity contribution >= 4 is 18.4 Å². The molecule has 62 valence electrons. The number of nitrogens with one attached hydrogen (secondary N) is 1. The lowest BCUT2D eigenvalue weighted by molar-refractivity contribution is -0.143. The summed E-state index contributed by atoms with van der Waals surface area (Å²) in [6.07, 6.45) is 0. The standard InChI is InChI=1S/C5H11NO3.ClH/c1-6-4(3-7)5(8)9-2;/h4,6-7H,3H2,1-2H3;1H/t4-;/m1./s1. The number of carbonyl (C=O) groups excluding carboxylic acids is 1. The maximum Gasteiger partial charge on any atom is 0.325 e. The van der Waals surface area contributed by atoms with E-state index in [4.69, 9.17) is 5.11 Å². The first-order valence-corrected chi connectivity index (χ1v) is 2.62. The molecule has 0 rings (SSSR count). The van der Waals surface area contributed by atoms with Gasteiger partial charge in [0.2, 0.25) is 0 Å². The summed E-state index contributed by atoms with van der Waals surface area (Å²) in [5, 5.41) is 11.0. The second-order valence-corrected chi connectivity index (χ2v) is 1.55. The Bertz CT molecular complexity index is 94.9. The van der Waals surface area contributed by atoms with Crippen molar-refractivity contribution in [1.82, 2.24) is 5.32 Å². The largest absolute Gasteiger partial charge is 0.468 e. The number of aliphatic hydroxyl groups excluding tert-OH is 1. The number of rotatable bonds is 3. The van der Waals surface area contributed by atoms with E-state index < -0.39 is 12.0 Å². The second kappa shape index (κ2) is 6.80. The lowest BCUT2D eigenvalue weighted by Crippen LogP contribution is -2.37. The van der Waals surface area contributed by atoms with Crippen LogP contribution in [0.25, 0.3) is 0 Å².